The topological polar surface area (TPSA) is 115 Å². The fraction of sp³-hybridized carbons (Fsp3) is 0.114. The van der Waals surface area contributed by atoms with Crippen LogP contribution in [0.15, 0.2) is 95.8 Å². The lowest BCUT2D eigenvalue weighted by molar-refractivity contribution is 0.0591. The van der Waals surface area contributed by atoms with Gasteiger partial charge in [0.25, 0.3) is 5.56 Å². The molecule has 0 aliphatic rings. The number of carbonyl (C=O) groups excluding carboxylic acids is 1. The molecule has 6 aromatic rings. The number of nitrogen functional groups attached to an aromatic ring is 1. The molecule has 6 rings (SSSR count). The van der Waals surface area contributed by atoms with Gasteiger partial charge in [0.1, 0.15) is 34.6 Å². The van der Waals surface area contributed by atoms with Crippen LogP contribution in [0.3, 0.4) is 0 Å². The van der Waals surface area contributed by atoms with Crippen molar-refractivity contribution in [1.82, 2.24) is 9.55 Å². The number of ether oxygens (including phenoxy) is 4. The Morgan fingerprint density at radius 1 is 0.867 bits per heavy atom. The van der Waals surface area contributed by atoms with Gasteiger partial charge in [-0.2, -0.15) is 0 Å². The average Bonchev–Trinajstić information content (AvgIpc) is 3.07. The molecule has 2 heterocycles. The number of nitrogens with zero attached hydrogens (tertiary/aromatic N) is 2. The molecule has 0 saturated carbocycles. The molecule has 9 nitrogen and oxygen atoms in total. The van der Waals surface area contributed by atoms with Crippen molar-refractivity contribution in [2.24, 2.45) is 0 Å². The lowest BCUT2D eigenvalue weighted by atomic mass is 9.95. The van der Waals surface area contributed by atoms with Gasteiger partial charge in [0, 0.05) is 22.3 Å². The van der Waals surface area contributed by atoms with E-state index in [1.165, 1.54) is 25.9 Å². The number of benzene rings is 4. The number of hydrogen-bond acceptors (Lipinski definition) is 8. The van der Waals surface area contributed by atoms with Gasteiger partial charge in [-0.15, -0.1) is 0 Å². The number of aromatic nitrogens is 2. The van der Waals surface area contributed by atoms with Crippen molar-refractivity contribution in [1.29, 1.82) is 0 Å². The van der Waals surface area contributed by atoms with E-state index in [1.807, 2.05) is 36.4 Å². The van der Waals surface area contributed by atoms with E-state index < -0.39 is 11.5 Å². The van der Waals surface area contributed by atoms with Gasteiger partial charge >= 0.3 is 5.97 Å². The summed E-state index contributed by atoms with van der Waals surface area (Å²) < 4.78 is 23.7. The van der Waals surface area contributed by atoms with E-state index in [4.69, 9.17) is 36.3 Å². The number of pyridine rings is 2. The van der Waals surface area contributed by atoms with Crippen LogP contribution in [0.5, 0.6) is 17.2 Å². The Morgan fingerprint density at radius 3 is 2.27 bits per heavy atom. The highest BCUT2D eigenvalue weighted by molar-refractivity contribution is 6.33. The fourth-order valence-corrected chi connectivity index (χ4v) is 5.54. The summed E-state index contributed by atoms with van der Waals surface area (Å²) in [6, 6.07) is 26.8. The Bertz CT molecular complexity index is 2120. The summed E-state index contributed by atoms with van der Waals surface area (Å²) in [6.07, 6.45) is 0. The van der Waals surface area contributed by atoms with Crippen LogP contribution in [0.25, 0.3) is 38.5 Å². The number of methoxy groups -OCH3 is 3. The van der Waals surface area contributed by atoms with Gasteiger partial charge in [-0.3, -0.25) is 9.36 Å². The predicted molar refractivity (Wildman–Crippen MR) is 175 cm³/mol. The summed E-state index contributed by atoms with van der Waals surface area (Å²) in [7, 11) is 4.22. The van der Waals surface area contributed by atoms with Gasteiger partial charge in [-0.25, -0.2) is 9.78 Å². The minimum atomic E-state index is -0.726. The molecule has 4 aromatic carbocycles. The van der Waals surface area contributed by atoms with Crippen LogP contribution < -0.4 is 25.5 Å². The number of rotatable bonds is 8. The van der Waals surface area contributed by atoms with Crippen LogP contribution >= 0.6 is 11.6 Å². The van der Waals surface area contributed by atoms with Crippen molar-refractivity contribution >= 4 is 44.9 Å². The summed E-state index contributed by atoms with van der Waals surface area (Å²) in [5, 5.41) is 2.07. The number of esters is 1. The number of hydrogen-bond donors (Lipinski definition) is 1. The number of para-hydroxylation sites is 1. The third-order valence-electron chi connectivity index (χ3n) is 7.46. The lowest BCUT2D eigenvalue weighted by Crippen LogP contribution is -2.27. The molecule has 0 aliphatic heterocycles. The maximum Gasteiger partial charge on any atom is 0.355 e. The summed E-state index contributed by atoms with van der Waals surface area (Å²) in [6.45, 7) is 0.182. The Morgan fingerprint density at radius 2 is 1.58 bits per heavy atom. The smallest absolute Gasteiger partial charge is 0.355 e. The monoisotopic (exact) mass is 621 g/mol. The van der Waals surface area contributed by atoms with Crippen molar-refractivity contribution in [2.75, 3.05) is 27.1 Å². The van der Waals surface area contributed by atoms with Crippen molar-refractivity contribution in [3.63, 3.8) is 0 Å². The average molecular weight is 622 g/mol. The molecule has 0 saturated heterocycles. The molecule has 0 bridgehead atoms. The fourth-order valence-electron chi connectivity index (χ4n) is 5.28. The van der Waals surface area contributed by atoms with Crippen LogP contribution in [0.1, 0.15) is 16.2 Å². The van der Waals surface area contributed by atoms with Crippen LogP contribution in [0.4, 0.5) is 5.69 Å². The molecule has 10 heteroatoms. The van der Waals surface area contributed by atoms with Crippen molar-refractivity contribution < 1.29 is 23.7 Å². The first-order chi connectivity index (χ1) is 21.8. The second-order valence-corrected chi connectivity index (χ2v) is 10.5. The highest BCUT2D eigenvalue weighted by Gasteiger charge is 2.27. The molecule has 0 unspecified atom stereocenters. The molecule has 0 amide bonds. The first-order valence-electron chi connectivity index (χ1n) is 13.9. The maximum atomic E-state index is 14.3. The summed E-state index contributed by atoms with van der Waals surface area (Å²) in [4.78, 5) is 32.5. The SMILES string of the molecule is COC(=O)c1c(-c2cc(OC)c(Cl)c(OC)c2)c2ccc(OCc3ccc4ccccc4n3)cc2c(=O)n1-c1ccc(N)cc1. The van der Waals surface area contributed by atoms with Gasteiger partial charge in [0.2, 0.25) is 0 Å². The van der Waals surface area contributed by atoms with Crippen molar-refractivity contribution in [3.05, 3.63) is 118 Å². The Labute approximate surface area is 263 Å². The maximum absolute atomic E-state index is 14.3. The molecule has 2 aromatic heterocycles. The molecule has 0 spiro atoms. The molecule has 0 fully saturated rings. The summed E-state index contributed by atoms with van der Waals surface area (Å²) in [5.74, 6) is 0.365. The predicted octanol–water partition coefficient (Wildman–Crippen LogP) is 6.82. The molecular weight excluding hydrogens is 594 g/mol. The van der Waals surface area contributed by atoms with Crippen LogP contribution in [-0.2, 0) is 11.3 Å². The Kier molecular flexibility index (Phi) is 8.02. The van der Waals surface area contributed by atoms with Gasteiger partial charge in [0.15, 0.2) is 0 Å². The second-order valence-electron chi connectivity index (χ2n) is 10.1. The van der Waals surface area contributed by atoms with Gasteiger partial charge in [0.05, 0.1) is 37.9 Å². The van der Waals surface area contributed by atoms with E-state index >= 15 is 0 Å². The molecule has 2 N–H and O–H groups in total. The first kappa shape index (κ1) is 29.5. The van der Waals surface area contributed by atoms with E-state index in [2.05, 4.69) is 4.98 Å². The largest absolute Gasteiger partial charge is 0.495 e. The molecule has 226 valence electrons. The molecule has 0 atom stereocenters. The summed E-state index contributed by atoms with van der Waals surface area (Å²) >= 11 is 6.49. The van der Waals surface area contributed by atoms with Crippen LogP contribution in [0, 0.1) is 0 Å². The number of halogens is 1. The molecule has 45 heavy (non-hydrogen) atoms. The van der Waals surface area contributed by atoms with Crippen LogP contribution in [-0.4, -0.2) is 36.8 Å². The zero-order valence-corrected chi connectivity index (χ0v) is 25.4. The van der Waals surface area contributed by atoms with E-state index in [-0.39, 0.29) is 17.3 Å². The Balaban J connectivity index is 1.58. The van der Waals surface area contributed by atoms with E-state index in [0.717, 1.165) is 16.6 Å². The Hall–Kier alpha value is -5.54. The van der Waals surface area contributed by atoms with Crippen molar-refractivity contribution in [2.45, 2.75) is 6.61 Å². The minimum absolute atomic E-state index is 0.000215. The molecule has 0 aliphatic carbocycles. The third-order valence-corrected chi connectivity index (χ3v) is 7.83. The van der Waals surface area contributed by atoms with E-state index in [0.29, 0.717) is 50.5 Å². The van der Waals surface area contributed by atoms with Crippen LogP contribution in [0.2, 0.25) is 5.02 Å². The molecule has 0 radical (unpaired) electrons. The third kappa shape index (κ3) is 5.49. The zero-order chi connectivity index (χ0) is 31.7. The quantitative estimate of drug-likeness (QED) is 0.145. The molecular formula is C35H28ClN3O6. The van der Waals surface area contributed by atoms with E-state index in [9.17, 15) is 9.59 Å². The first-order valence-corrected chi connectivity index (χ1v) is 14.3. The van der Waals surface area contributed by atoms with Gasteiger partial charge < -0.3 is 24.7 Å². The normalized spacial score (nSPS) is 11.0. The standard InChI is InChI=1S/C35H28ClN3O6/c1-42-29-16-21(17-30(43-2)32(29)36)31-26-15-14-25(45-19-23-11-8-20-6-4-5-7-28(20)38-23)18-27(26)34(40)39(33(31)35(41)44-3)24-12-9-22(37)10-13-24/h4-18H,19,37H2,1-3H3. The number of carbonyl (C=O) groups is 1. The van der Waals surface area contributed by atoms with E-state index in [1.54, 1.807) is 54.6 Å². The zero-order valence-electron chi connectivity index (χ0n) is 24.7. The highest BCUT2D eigenvalue weighted by atomic mass is 35.5. The number of fused-ring (bicyclic) bond motifs is 2. The highest BCUT2D eigenvalue weighted by Crippen LogP contribution is 2.42. The second kappa shape index (κ2) is 12.2. The summed E-state index contributed by atoms with van der Waals surface area (Å²) in [5.41, 5.74) is 8.91. The lowest BCUT2D eigenvalue weighted by Gasteiger charge is -2.20. The van der Waals surface area contributed by atoms with Gasteiger partial charge in [-0.05, 0) is 77.7 Å². The van der Waals surface area contributed by atoms with Crippen molar-refractivity contribution in [3.8, 4) is 34.1 Å². The van der Waals surface area contributed by atoms with Gasteiger partial charge in [-0.1, -0.05) is 35.9 Å². The number of nitrogens with two attached hydrogens (primary N) is 1. The minimum Gasteiger partial charge on any atom is -0.495 e. The number of anilines is 1.